The van der Waals surface area contributed by atoms with Gasteiger partial charge < -0.3 is 15.3 Å². The second kappa shape index (κ2) is 5.74. The third-order valence-corrected chi connectivity index (χ3v) is 3.21. The molecule has 0 radical (unpaired) electrons. The molecule has 16 heavy (non-hydrogen) atoms. The van der Waals surface area contributed by atoms with Gasteiger partial charge in [-0.2, -0.15) is 0 Å². The SMILES string of the molecule is CC(=O)NCCC(=O)N1CSCC1C(=O)O. The normalized spacial score (nSPS) is 19.6. The molecule has 6 nitrogen and oxygen atoms in total. The molecule has 1 rings (SSSR count). The number of aliphatic carboxylic acids is 1. The Morgan fingerprint density at radius 1 is 1.50 bits per heavy atom. The summed E-state index contributed by atoms with van der Waals surface area (Å²) in [5, 5.41) is 11.4. The van der Waals surface area contributed by atoms with E-state index in [9.17, 15) is 14.4 Å². The molecule has 90 valence electrons. The molecule has 0 aliphatic carbocycles. The minimum absolute atomic E-state index is 0.143. The summed E-state index contributed by atoms with van der Waals surface area (Å²) in [7, 11) is 0. The lowest BCUT2D eigenvalue weighted by Gasteiger charge is -2.20. The van der Waals surface area contributed by atoms with Crippen LogP contribution in [0.15, 0.2) is 0 Å². The molecule has 1 unspecified atom stereocenters. The molecule has 1 atom stereocenters. The Morgan fingerprint density at radius 2 is 2.19 bits per heavy atom. The number of nitrogens with one attached hydrogen (secondary N) is 1. The molecule has 0 aromatic rings. The molecule has 0 spiro atoms. The fourth-order valence-corrected chi connectivity index (χ4v) is 2.55. The summed E-state index contributed by atoms with van der Waals surface area (Å²) >= 11 is 1.42. The standard InChI is InChI=1S/C9H14N2O4S/c1-6(12)10-3-2-8(13)11-5-16-4-7(11)9(14)15/h7H,2-5H2,1H3,(H,10,12)(H,14,15). The lowest BCUT2D eigenvalue weighted by molar-refractivity contribution is -0.147. The lowest BCUT2D eigenvalue weighted by atomic mass is 10.2. The van der Waals surface area contributed by atoms with Crippen LogP contribution < -0.4 is 5.32 Å². The Bertz CT molecular complexity index is 308. The van der Waals surface area contributed by atoms with Gasteiger partial charge in [0, 0.05) is 25.6 Å². The topological polar surface area (TPSA) is 86.7 Å². The highest BCUT2D eigenvalue weighted by molar-refractivity contribution is 7.99. The molecule has 7 heteroatoms. The van der Waals surface area contributed by atoms with Crippen molar-refractivity contribution < 1.29 is 19.5 Å². The summed E-state index contributed by atoms with van der Waals surface area (Å²) in [6, 6.07) is -0.727. The second-order valence-corrected chi connectivity index (χ2v) is 4.45. The number of carbonyl (C=O) groups is 3. The van der Waals surface area contributed by atoms with Crippen molar-refractivity contribution in [1.29, 1.82) is 0 Å². The van der Waals surface area contributed by atoms with Gasteiger partial charge >= 0.3 is 5.97 Å². The predicted molar refractivity (Wildman–Crippen MR) is 58.9 cm³/mol. The maximum atomic E-state index is 11.6. The summed E-state index contributed by atoms with van der Waals surface area (Å²) < 4.78 is 0. The van der Waals surface area contributed by atoms with Crippen molar-refractivity contribution in [2.45, 2.75) is 19.4 Å². The van der Waals surface area contributed by atoms with Gasteiger partial charge in [0.2, 0.25) is 11.8 Å². The first kappa shape index (κ1) is 12.8. The van der Waals surface area contributed by atoms with Crippen LogP contribution in [0.5, 0.6) is 0 Å². The van der Waals surface area contributed by atoms with Crippen LogP contribution in [0.25, 0.3) is 0 Å². The summed E-state index contributed by atoms with van der Waals surface area (Å²) in [4.78, 5) is 34.4. The molecular formula is C9H14N2O4S. The van der Waals surface area contributed by atoms with Crippen molar-refractivity contribution in [3.63, 3.8) is 0 Å². The predicted octanol–water partition coefficient (Wildman–Crippen LogP) is -0.501. The van der Waals surface area contributed by atoms with Gasteiger partial charge in [-0.15, -0.1) is 11.8 Å². The minimum Gasteiger partial charge on any atom is -0.480 e. The van der Waals surface area contributed by atoms with E-state index in [1.807, 2.05) is 0 Å². The number of rotatable bonds is 4. The fraction of sp³-hybridized carbons (Fsp3) is 0.667. The van der Waals surface area contributed by atoms with Gasteiger partial charge in [0.05, 0.1) is 5.88 Å². The third kappa shape index (κ3) is 3.41. The number of carboxylic acids is 1. The summed E-state index contributed by atoms with van der Waals surface area (Å²) in [6.07, 6.45) is 0.143. The van der Waals surface area contributed by atoms with E-state index in [-0.39, 0.29) is 24.8 Å². The van der Waals surface area contributed by atoms with Gasteiger partial charge in [-0.1, -0.05) is 0 Å². The van der Waals surface area contributed by atoms with E-state index >= 15 is 0 Å². The Morgan fingerprint density at radius 3 is 2.75 bits per heavy atom. The quantitative estimate of drug-likeness (QED) is 0.698. The van der Waals surface area contributed by atoms with Crippen molar-refractivity contribution in [3.05, 3.63) is 0 Å². The van der Waals surface area contributed by atoms with E-state index in [4.69, 9.17) is 5.11 Å². The number of nitrogens with zero attached hydrogens (tertiary/aromatic N) is 1. The van der Waals surface area contributed by atoms with E-state index in [0.717, 1.165) is 0 Å². The zero-order chi connectivity index (χ0) is 12.1. The molecule has 0 aromatic carbocycles. The van der Waals surface area contributed by atoms with Gasteiger partial charge in [-0.3, -0.25) is 9.59 Å². The maximum Gasteiger partial charge on any atom is 0.327 e. The summed E-state index contributed by atoms with van der Waals surface area (Å²) in [6.45, 7) is 1.62. The molecule has 0 saturated carbocycles. The molecule has 1 saturated heterocycles. The minimum atomic E-state index is -0.974. The zero-order valence-electron chi connectivity index (χ0n) is 8.93. The maximum absolute atomic E-state index is 11.6. The smallest absolute Gasteiger partial charge is 0.327 e. The van der Waals surface area contributed by atoms with Gasteiger partial charge in [0.15, 0.2) is 0 Å². The molecule has 0 aromatic heterocycles. The van der Waals surface area contributed by atoms with Crippen LogP contribution in [0.2, 0.25) is 0 Å². The largest absolute Gasteiger partial charge is 0.480 e. The molecule has 2 amide bonds. The van der Waals surface area contributed by atoms with Crippen molar-refractivity contribution in [2.24, 2.45) is 0 Å². The number of hydrogen-bond acceptors (Lipinski definition) is 4. The Balaban J connectivity index is 2.41. The van der Waals surface area contributed by atoms with Crippen molar-refractivity contribution in [2.75, 3.05) is 18.2 Å². The Kier molecular flexibility index (Phi) is 4.60. The lowest BCUT2D eigenvalue weighted by Crippen LogP contribution is -2.42. The zero-order valence-corrected chi connectivity index (χ0v) is 9.75. The van der Waals surface area contributed by atoms with E-state index in [0.29, 0.717) is 11.6 Å². The van der Waals surface area contributed by atoms with Gasteiger partial charge in [-0.05, 0) is 0 Å². The molecule has 1 fully saturated rings. The summed E-state index contributed by atoms with van der Waals surface area (Å²) in [5.74, 6) is -0.556. The molecule has 2 N–H and O–H groups in total. The van der Waals surface area contributed by atoms with E-state index in [2.05, 4.69) is 5.32 Å². The molecule has 1 aliphatic rings. The highest BCUT2D eigenvalue weighted by Crippen LogP contribution is 2.21. The van der Waals surface area contributed by atoms with Crippen LogP contribution in [-0.4, -0.2) is 52.0 Å². The first-order valence-corrected chi connectivity index (χ1v) is 6.02. The third-order valence-electron chi connectivity index (χ3n) is 2.20. The molecule has 0 bridgehead atoms. The van der Waals surface area contributed by atoms with E-state index in [1.54, 1.807) is 0 Å². The average Bonchev–Trinajstić information content (AvgIpc) is 2.65. The van der Waals surface area contributed by atoms with Gasteiger partial charge in [0.25, 0.3) is 0 Å². The van der Waals surface area contributed by atoms with Crippen molar-refractivity contribution in [3.8, 4) is 0 Å². The second-order valence-electron chi connectivity index (χ2n) is 3.45. The number of carbonyl (C=O) groups excluding carboxylic acids is 2. The average molecular weight is 246 g/mol. The van der Waals surface area contributed by atoms with Crippen LogP contribution >= 0.6 is 11.8 Å². The van der Waals surface area contributed by atoms with Crippen molar-refractivity contribution in [1.82, 2.24) is 10.2 Å². The number of amides is 2. The highest BCUT2D eigenvalue weighted by Gasteiger charge is 2.33. The van der Waals surface area contributed by atoms with Crippen LogP contribution in [0.3, 0.4) is 0 Å². The molecule has 1 heterocycles. The Hall–Kier alpha value is -1.24. The highest BCUT2D eigenvalue weighted by atomic mass is 32.2. The van der Waals surface area contributed by atoms with Crippen LogP contribution in [0.4, 0.5) is 0 Å². The van der Waals surface area contributed by atoms with Gasteiger partial charge in [-0.25, -0.2) is 4.79 Å². The summed E-state index contributed by atoms with van der Waals surface area (Å²) in [5.41, 5.74) is 0. The van der Waals surface area contributed by atoms with Crippen LogP contribution in [0.1, 0.15) is 13.3 Å². The van der Waals surface area contributed by atoms with Gasteiger partial charge in [0.1, 0.15) is 6.04 Å². The first-order valence-electron chi connectivity index (χ1n) is 4.87. The first-order chi connectivity index (χ1) is 7.52. The molecule has 1 aliphatic heterocycles. The van der Waals surface area contributed by atoms with E-state index in [1.165, 1.54) is 23.6 Å². The molecular weight excluding hydrogens is 232 g/mol. The monoisotopic (exact) mass is 246 g/mol. The van der Waals surface area contributed by atoms with Crippen molar-refractivity contribution >= 4 is 29.5 Å². The fourth-order valence-electron chi connectivity index (χ4n) is 1.38. The number of thioether (sulfide) groups is 1. The number of carboxylic acid groups (broad SMARTS) is 1. The van der Waals surface area contributed by atoms with Crippen LogP contribution in [-0.2, 0) is 14.4 Å². The number of hydrogen-bond donors (Lipinski definition) is 2. The van der Waals surface area contributed by atoms with E-state index < -0.39 is 12.0 Å². The Labute approximate surface area is 97.4 Å². The van der Waals surface area contributed by atoms with Crippen LogP contribution in [0, 0.1) is 0 Å².